The van der Waals surface area contributed by atoms with Gasteiger partial charge in [-0.25, -0.2) is 0 Å². The molecule has 0 aromatic heterocycles. The van der Waals surface area contributed by atoms with Crippen LogP contribution in [0.3, 0.4) is 0 Å². The number of benzene rings is 1. The molecule has 6 heteroatoms. The normalized spacial score (nSPS) is 21.2. The van der Waals surface area contributed by atoms with Gasteiger partial charge >= 0.3 is 0 Å². The maximum absolute atomic E-state index is 12.6. The highest BCUT2D eigenvalue weighted by molar-refractivity contribution is 6.13. The average Bonchev–Trinajstić information content (AvgIpc) is 3.27. The maximum Gasteiger partial charge on any atom is 0.240 e. The highest BCUT2D eigenvalue weighted by atomic mass is 16.6. The summed E-state index contributed by atoms with van der Waals surface area (Å²) in [7, 11) is 0. The zero-order valence-corrected chi connectivity index (χ0v) is 13.6. The van der Waals surface area contributed by atoms with Crippen LogP contribution in [0, 0.1) is 5.41 Å². The Kier molecular flexibility index (Phi) is 3.82. The molecule has 2 aliphatic carbocycles. The lowest BCUT2D eigenvalue weighted by atomic mass is 10.0. The Balaban J connectivity index is 1.42. The van der Waals surface area contributed by atoms with Gasteiger partial charge in [-0.3, -0.25) is 9.59 Å². The second kappa shape index (κ2) is 6.00. The van der Waals surface area contributed by atoms with E-state index in [2.05, 4.69) is 10.6 Å². The Hall–Kier alpha value is -2.24. The third-order valence-corrected chi connectivity index (χ3v) is 5.11. The van der Waals surface area contributed by atoms with Gasteiger partial charge in [-0.15, -0.1) is 0 Å². The number of amides is 2. The SMILES string of the molecule is O=C(Nc1ccc2c(c1)OCCO2)C1(C(=O)NC2CCCC2)CC1. The van der Waals surface area contributed by atoms with Crippen molar-refractivity contribution in [2.45, 2.75) is 44.6 Å². The molecule has 0 saturated heterocycles. The first-order chi connectivity index (χ1) is 11.7. The second-order valence-electron chi connectivity index (χ2n) is 6.85. The Morgan fingerprint density at radius 2 is 1.71 bits per heavy atom. The summed E-state index contributed by atoms with van der Waals surface area (Å²) in [6, 6.07) is 5.53. The fourth-order valence-electron chi connectivity index (χ4n) is 3.45. The molecule has 1 aromatic carbocycles. The van der Waals surface area contributed by atoms with E-state index in [1.165, 1.54) is 0 Å². The molecular weight excluding hydrogens is 308 g/mol. The summed E-state index contributed by atoms with van der Waals surface area (Å²) in [6.45, 7) is 1.03. The molecule has 0 spiro atoms. The first kappa shape index (κ1) is 15.3. The van der Waals surface area contributed by atoms with Crippen LogP contribution in [-0.4, -0.2) is 31.1 Å². The molecule has 2 fully saturated rings. The van der Waals surface area contributed by atoms with Gasteiger partial charge < -0.3 is 20.1 Å². The molecule has 0 bridgehead atoms. The zero-order valence-electron chi connectivity index (χ0n) is 13.6. The number of carbonyl (C=O) groups excluding carboxylic acids is 2. The van der Waals surface area contributed by atoms with E-state index < -0.39 is 5.41 Å². The van der Waals surface area contributed by atoms with Gasteiger partial charge in [-0.2, -0.15) is 0 Å². The molecule has 3 aliphatic rings. The predicted octanol–water partition coefficient (Wildman–Crippen LogP) is 2.24. The monoisotopic (exact) mass is 330 g/mol. The van der Waals surface area contributed by atoms with Crippen LogP contribution in [0.5, 0.6) is 11.5 Å². The van der Waals surface area contributed by atoms with Crippen LogP contribution in [0.25, 0.3) is 0 Å². The minimum absolute atomic E-state index is 0.121. The molecule has 1 aromatic rings. The lowest BCUT2D eigenvalue weighted by molar-refractivity contribution is -0.134. The van der Waals surface area contributed by atoms with Crippen molar-refractivity contribution in [3.63, 3.8) is 0 Å². The zero-order chi connectivity index (χ0) is 16.6. The summed E-state index contributed by atoms with van der Waals surface area (Å²) in [5, 5.41) is 5.92. The highest BCUT2D eigenvalue weighted by Gasteiger charge is 2.56. The molecule has 4 rings (SSSR count). The summed E-state index contributed by atoms with van der Waals surface area (Å²) in [5.74, 6) is 0.956. The summed E-state index contributed by atoms with van der Waals surface area (Å²) >= 11 is 0. The van der Waals surface area contributed by atoms with E-state index in [0.717, 1.165) is 25.7 Å². The van der Waals surface area contributed by atoms with E-state index in [1.807, 2.05) is 0 Å². The number of anilines is 1. The van der Waals surface area contributed by atoms with E-state index in [1.54, 1.807) is 18.2 Å². The van der Waals surface area contributed by atoms with E-state index in [9.17, 15) is 9.59 Å². The fraction of sp³-hybridized carbons (Fsp3) is 0.556. The molecular formula is C18H22N2O4. The summed E-state index contributed by atoms with van der Waals surface area (Å²) in [4.78, 5) is 25.2. The van der Waals surface area contributed by atoms with Gasteiger partial charge in [0.05, 0.1) is 0 Å². The van der Waals surface area contributed by atoms with E-state index >= 15 is 0 Å². The van der Waals surface area contributed by atoms with Gasteiger partial charge in [0.2, 0.25) is 11.8 Å². The Morgan fingerprint density at radius 1 is 1.00 bits per heavy atom. The number of fused-ring (bicyclic) bond motifs is 1. The lowest BCUT2D eigenvalue weighted by Gasteiger charge is -2.21. The molecule has 1 aliphatic heterocycles. The number of hydrogen-bond acceptors (Lipinski definition) is 4. The molecule has 2 N–H and O–H groups in total. The van der Waals surface area contributed by atoms with Crippen molar-refractivity contribution in [2.75, 3.05) is 18.5 Å². The van der Waals surface area contributed by atoms with Crippen LogP contribution in [0.4, 0.5) is 5.69 Å². The Labute approximate surface area is 140 Å². The average molecular weight is 330 g/mol. The smallest absolute Gasteiger partial charge is 0.240 e. The summed E-state index contributed by atoms with van der Waals surface area (Å²) in [6.07, 6.45) is 5.57. The summed E-state index contributed by atoms with van der Waals surface area (Å²) < 4.78 is 11.0. The number of rotatable bonds is 4. The third-order valence-electron chi connectivity index (χ3n) is 5.11. The Bertz CT molecular complexity index is 663. The molecule has 2 saturated carbocycles. The van der Waals surface area contributed by atoms with Crippen LogP contribution in [0.15, 0.2) is 18.2 Å². The van der Waals surface area contributed by atoms with Gasteiger partial charge in [-0.1, -0.05) is 12.8 Å². The van der Waals surface area contributed by atoms with Crippen LogP contribution in [-0.2, 0) is 9.59 Å². The van der Waals surface area contributed by atoms with Crippen molar-refractivity contribution in [1.82, 2.24) is 5.32 Å². The molecule has 24 heavy (non-hydrogen) atoms. The van der Waals surface area contributed by atoms with Crippen molar-refractivity contribution in [3.8, 4) is 11.5 Å². The van der Waals surface area contributed by atoms with Crippen molar-refractivity contribution in [1.29, 1.82) is 0 Å². The van der Waals surface area contributed by atoms with Gasteiger partial charge in [0.1, 0.15) is 18.6 Å². The third kappa shape index (κ3) is 2.81. The Morgan fingerprint density at radius 3 is 2.42 bits per heavy atom. The molecule has 0 radical (unpaired) electrons. The van der Waals surface area contributed by atoms with Gasteiger partial charge in [0.15, 0.2) is 11.5 Å². The van der Waals surface area contributed by atoms with E-state index in [4.69, 9.17) is 9.47 Å². The second-order valence-corrected chi connectivity index (χ2v) is 6.85. The lowest BCUT2D eigenvalue weighted by Crippen LogP contribution is -2.43. The fourth-order valence-corrected chi connectivity index (χ4v) is 3.45. The van der Waals surface area contributed by atoms with Crippen molar-refractivity contribution >= 4 is 17.5 Å². The molecule has 128 valence electrons. The number of ether oxygens (including phenoxy) is 2. The number of nitrogens with one attached hydrogen (secondary N) is 2. The maximum atomic E-state index is 12.6. The van der Waals surface area contributed by atoms with Crippen LogP contribution in [0.2, 0.25) is 0 Å². The molecule has 6 nitrogen and oxygen atoms in total. The first-order valence-electron chi connectivity index (χ1n) is 8.69. The summed E-state index contributed by atoms with van der Waals surface area (Å²) in [5.41, 5.74) is -0.264. The van der Waals surface area contributed by atoms with E-state index in [0.29, 0.717) is 43.2 Å². The first-order valence-corrected chi connectivity index (χ1v) is 8.69. The quantitative estimate of drug-likeness (QED) is 0.830. The van der Waals surface area contributed by atoms with Crippen LogP contribution < -0.4 is 20.1 Å². The van der Waals surface area contributed by atoms with Gasteiger partial charge in [0, 0.05) is 17.8 Å². The van der Waals surface area contributed by atoms with Gasteiger partial charge in [-0.05, 0) is 37.8 Å². The minimum atomic E-state index is -0.893. The van der Waals surface area contributed by atoms with Crippen molar-refractivity contribution < 1.29 is 19.1 Å². The standard InChI is InChI=1S/C18H22N2O4/c21-16(19-12-3-1-2-4-12)18(7-8-18)17(22)20-13-5-6-14-15(11-13)24-10-9-23-14/h5-6,11-12H,1-4,7-10H2,(H,19,21)(H,20,22). The van der Waals surface area contributed by atoms with Crippen molar-refractivity contribution in [3.05, 3.63) is 18.2 Å². The molecule has 0 atom stereocenters. The van der Waals surface area contributed by atoms with Crippen molar-refractivity contribution in [2.24, 2.45) is 5.41 Å². The number of hydrogen-bond donors (Lipinski definition) is 2. The minimum Gasteiger partial charge on any atom is -0.486 e. The molecule has 1 heterocycles. The van der Waals surface area contributed by atoms with Crippen LogP contribution >= 0.6 is 0 Å². The molecule has 0 unspecified atom stereocenters. The largest absolute Gasteiger partial charge is 0.486 e. The highest BCUT2D eigenvalue weighted by Crippen LogP contribution is 2.47. The van der Waals surface area contributed by atoms with Gasteiger partial charge in [0.25, 0.3) is 0 Å². The van der Waals surface area contributed by atoms with E-state index in [-0.39, 0.29) is 17.9 Å². The molecule has 2 amide bonds. The van der Waals surface area contributed by atoms with Crippen LogP contribution in [0.1, 0.15) is 38.5 Å². The number of carbonyl (C=O) groups is 2. The predicted molar refractivity (Wildman–Crippen MR) is 88.1 cm³/mol. The topological polar surface area (TPSA) is 76.7 Å².